The molecule has 0 unspecified atom stereocenters. The Morgan fingerprint density at radius 2 is 1.17 bits per heavy atom. The molecule has 0 aliphatic carbocycles. The zero-order valence-corrected chi connectivity index (χ0v) is 16.1. The standard InChI is InChI=1S/C15H19F11N2S/c1-3-5-7-28(8-6-4-2)11(29)27-10(12(16,17)15(24,25)26)9(13(18,19)20)14(21,22)23/h9H,3-8H2,1-2H3/b27-10+. The number of alkyl halides is 11. The zero-order valence-electron chi connectivity index (χ0n) is 15.3. The minimum absolute atomic E-state index is 0.0770. The van der Waals surface area contributed by atoms with Crippen LogP contribution in [0.5, 0.6) is 0 Å². The number of rotatable bonds is 8. The summed E-state index contributed by atoms with van der Waals surface area (Å²) in [7, 11) is 0. The number of thiocarbonyl (C=S) groups is 1. The smallest absolute Gasteiger partial charge is 0.347 e. The van der Waals surface area contributed by atoms with Crippen LogP contribution in [0.2, 0.25) is 0 Å². The van der Waals surface area contributed by atoms with Crippen molar-refractivity contribution in [1.29, 1.82) is 0 Å². The van der Waals surface area contributed by atoms with Crippen molar-refractivity contribution in [2.24, 2.45) is 10.9 Å². The second-order valence-electron chi connectivity index (χ2n) is 6.06. The lowest BCUT2D eigenvalue weighted by Gasteiger charge is -2.31. The summed E-state index contributed by atoms with van der Waals surface area (Å²) in [5.74, 6) is -11.6. The summed E-state index contributed by atoms with van der Waals surface area (Å²) in [4.78, 5) is 3.33. The molecule has 0 heterocycles. The summed E-state index contributed by atoms with van der Waals surface area (Å²) in [6.45, 7) is 3.20. The molecule has 0 saturated heterocycles. The van der Waals surface area contributed by atoms with E-state index in [4.69, 9.17) is 0 Å². The van der Waals surface area contributed by atoms with Crippen LogP contribution < -0.4 is 0 Å². The molecule has 0 aromatic carbocycles. The van der Waals surface area contributed by atoms with E-state index in [1.54, 1.807) is 13.8 Å². The Hall–Kier alpha value is -1.21. The van der Waals surface area contributed by atoms with Gasteiger partial charge in [0.2, 0.25) is 0 Å². The summed E-state index contributed by atoms with van der Waals surface area (Å²) < 4.78 is 143. The molecule has 0 radical (unpaired) electrons. The summed E-state index contributed by atoms with van der Waals surface area (Å²) in [6.07, 6.45) is -18.1. The average molecular weight is 468 g/mol. The zero-order chi connectivity index (χ0) is 23.3. The normalized spacial score (nSPS) is 14.5. The summed E-state index contributed by atoms with van der Waals surface area (Å²) in [5.41, 5.74) is -3.44. The van der Waals surface area contributed by atoms with E-state index in [1.807, 2.05) is 0 Å². The largest absolute Gasteiger partial charge is 0.459 e. The van der Waals surface area contributed by atoms with Gasteiger partial charge in [0.1, 0.15) is 5.71 Å². The van der Waals surface area contributed by atoms with Gasteiger partial charge in [-0.2, -0.15) is 48.3 Å². The van der Waals surface area contributed by atoms with E-state index in [0.29, 0.717) is 25.7 Å². The van der Waals surface area contributed by atoms with Gasteiger partial charge in [-0.05, 0) is 25.1 Å². The first-order valence-electron chi connectivity index (χ1n) is 8.37. The average Bonchev–Trinajstić information content (AvgIpc) is 2.50. The van der Waals surface area contributed by atoms with E-state index in [2.05, 4.69) is 17.2 Å². The molecule has 0 spiro atoms. The van der Waals surface area contributed by atoms with Crippen molar-refractivity contribution >= 4 is 23.0 Å². The van der Waals surface area contributed by atoms with Crippen LogP contribution in [0.25, 0.3) is 0 Å². The third kappa shape index (κ3) is 7.85. The lowest BCUT2D eigenvalue weighted by atomic mass is 9.96. The van der Waals surface area contributed by atoms with Crippen LogP contribution >= 0.6 is 12.2 Å². The predicted molar refractivity (Wildman–Crippen MR) is 88.0 cm³/mol. The fourth-order valence-electron chi connectivity index (χ4n) is 2.13. The summed E-state index contributed by atoms with van der Waals surface area (Å²) >= 11 is 4.54. The van der Waals surface area contributed by atoms with Gasteiger partial charge in [0, 0.05) is 13.1 Å². The highest BCUT2D eigenvalue weighted by atomic mass is 32.1. The van der Waals surface area contributed by atoms with Crippen LogP contribution in [0.4, 0.5) is 48.3 Å². The molecule has 0 bridgehead atoms. The number of hydrogen-bond donors (Lipinski definition) is 0. The van der Waals surface area contributed by atoms with Crippen LogP contribution in [0, 0.1) is 5.92 Å². The molecule has 0 saturated carbocycles. The van der Waals surface area contributed by atoms with Gasteiger partial charge >= 0.3 is 24.5 Å². The van der Waals surface area contributed by atoms with Gasteiger partial charge < -0.3 is 4.90 Å². The Kier molecular flexibility index (Phi) is 9.78. The van der Waals surface area contributed by atoms with Crippen LogP contribution in [0.3, 0.4) is 0 Å². The molecular weight excluding hydrogens is 449 g/mol. The van der Waals surface area contributed by atoms with Crippen molar-refractivity contribution in [3.8, 4) is 0 Å². The van der Waals surface area contributed by atoms with Crippen molar-refractivity contribution in [3.63, 3.8) is 0 Å². The maximum Gasteiger partial charge on any atom is 0.459 e. The molecular formula is C15H19F11N2S. The van der Waals surface area contributed by atoms with Crippen molar-refractivity contribution in [2.45, 2.75) is 64.0 Å². The molecule has 29 heavy (non-hydrogen) atoms. The Labute approximate surface area is 165 Å². The van der Waals surface area contributed by atoms with E-state index in [1.165, 1.54) is 0 Å². The second kappa shape index (κ2) is 10.2. The highest BCUT2D eigenvalue weighted by molar-refractivity contribution is 7.80. The maximum atomic E-state index is 13.7. The number of hydrogen-bond acceptors (Lipinski definition) is 1. The lowest BCUT2D eigenvalue weighted by Crippen LogP contribution is -2.55. The molecule has 14 heteroatoms. The third-order valence-electron chi connectivity index (χ3n) is 3.66. The van der Waals surface area contributed by atoms with Crippen molar-refractivity contribution in [1.82, 2.24) is 4.90 Å². The Morgan fingerprint density at radius 1 is 0.793 bits per heavy atom. The molecule has 0 rings (SSSR count). The topological polar surface area (TPSA) is 15.6 Å². The number of halogens is 11. The molecule has 172 valence electrons. The monoisotopic (exact) mass is 468 g/mol. The highest BCUT2D eigenvalue weighted by Crippen LogP contribution is 2.47. The maximum absolute atomic E-state index is 13.7. The first-order chi connectivity index (χ1) is 12.9. The van der Waals surface area contributed by atoms with E-state index >= 15 is 0 Å². The molecule has 0 aromatic rings. The minimum atomic E-state index is -6.74. The van der Waals surface area contributed by atoms with Crippen LogP contribution in [0.1, 0.15) is 39.5 Å². The van der Waals surface area contributed by atoms with Gasteiger partial charge in [0.05, 0.1) is 0 Å². The summed E-state index contributed by atoms with van der Waals surface area (Å²) in [6, 6.07) is 0. The molecule has 0 amide bonds. The lowest BCUT2D eigenvalue weighted by molar-refractivity contribution is -0.280. The minimum Gasteiger partial charge on any atom is -0.347 e. The van der Waals surface area contributed by atoms with Crippen LogP contribution in [-0.4, -0.2) is 53.3 Å². The van der Waals surface area contributed by atoms with Crippen LogP contribution in [0.15, 0.2) is 4.99 Å². The highest BCUT2D eigenvalue weighted by Gasteiger charge is 2.71. The van der Waals surface area contributed by atoms with E-state index in [0.717, 1.165) is 4.90 Å². The molecule has 0 atom stereocenters. The van der Waals surface area contributed by atoms with Crippen molar-refractivity contribution in [2.75, 3.05) is 13.1 Å². The van der Waals surface area contributed by atoms with Gasteiger partial charge in [-0.15, -0.1) is 0 Å². The number of nitrogens with zero attached hydrogens (tertiary/aromatic N) is 2. The molecule has 0 aliphatic heterocycles. The Morgan fingerprint density at radius 3 is 1.45 bits per heavy atom. The predicted octanol–water partition coefficient (Wildman–Crippen LogP) is 6.55. The Bertz CT molecular complexity index is 542. The van der Waals surface area contributed by atoms with E-state index < -0.39 is 41.2 Å². The van der Waals surface area contributed by atoms with Crippen LogP contribution in [-0.2, 0) is 0 Å². The van der Waals surface area contributed by atoms with E-state index in [9.17, 15) is 48.3 Å². The molecule has 0 fully saturated rings. The second-order valence-corrected chi connectivity index (χ2v) is 6.43. The molecule has 0 aliphatic rings. The number of aliphatic imine (C=N–C) groups is 1. The van der Waals surface area contributed by atoms with Gasteiger partial charge in [0.15, 0.2) is 11.0 Å². The molecule has 2 nitrogen and oxygen atoms in total. The summed E-state index contributed by atoms with van der Waals surface area (Å²) in [5, 5.41) is -1.19. The molecule has 0 N–H and O–H groups in total. The fourth-order valence-corrected chi connectivity index (χ4v) is 2.41. The van der Waals surface area contributed by atoms with Gasteiger partial charge in [-0.25, -0.2) is 4.99 Å². The molecule has 0 aromatic heterocycles. The Balaban J connectivity index is 6.51. The van der Waals surface area contributed by atoms with Crippen molar-refractivity contribution < 1.29 is 48.3 Å². The van der Waals surface area contributed by atoms with Gasteiger partial charge in [-0.3, -0.25) is 0 Å². The first-order valence-corrected chi connectivity index (χ1v) is 8.77. The number of unbranched alkanes of at least 4 members (excludes halogenated alkanes) is 2. The first kappa shape index (κ1) is 27.8. The van der Waals surface area contributed by atoms with Gasteiger partial charge in [0.25, 0.3) is 0 Å². The van der Waals surface area contributed by atoms with Crippen molar-refractivity contribution in [3.05, 3.63) is 0 Å². The quantitative estimate of drug-likeness (QED) is 0.228. The third-order valence-corrected chi connectivity index (χ3v) is 4.01. The van der Waals surface area contributed by atoms with Gasteiger partial charge in [-0.1, -0.05) is 26.7 Å². The SMILES string of the molecule is CCCCN(CCCC)C(=S)/N=C(\C(C(F)(F)F)C(F)(F)F)C(F)(F)C(F)(F)F. The van der Waals surface area contributed by atoms with E-state index in [-0.39, 0.29) is 13.1 Å². The fraction of sp³-hybridized carbons (Fsp3) is 0.867.